The molecule has 1 aliphatic carbocycles. The number of benzene rings is 1. The second-order valence-electron chi connectivity index (χ2n) is 5.36. The zero-order valence-electron chi connectivity index (χ0n) is 13.8. The molecule has 1 aliphatic rings. The van der Waals surface area contributed by atoms with Crippen molar-refractivity contribution >= 4 is 21.5 Å². The summed E-state index contributed by atoms with van der Waals surface area (Å²) in [6, 6.07) is 5.95. The van der Waals surface area contributed by atoms with E-state index in [-0.39, 0.29) is 22.1 Å². The first-order valence-electron chi connectivity index (χ1n) is 7.87. The summed E-state index contributed by atoms with van der Waals surface area (Å²) in [6.07, 6.45) is 1.38. The van der Waals surface area contributed by atoms with Gasteiger partial charge in [0, 0.05) is 25.9 Å². The molecule has 1 aromatic carbocycles. The first-order valence-corrected chi connectivity index (χ1v) is 9.31. The lowest BCUT2D eigenvalue weighted by atomic mass is 10.0. The number of carbonyl (C=O) groups is 1. The first kappa shape index (κ1) is 18.3. The Kier molecular flexibility index (Phi) is 5.84. The highest BCUT2D eigenvalue weighted by atomic mass is 32.2. The van der Waals surface area contributed by atoms with Gasteiger partial charge in [0.05, 0.1) is 10.6 Å². The summed E-state index contributed by atoms with van der Waals surface area (Å²) in [5.41, 5.74) is 0.397. The van der Waals surface area contributed by atoms with E-state index in [0.717, 1.165) is 0 Å². The second kappa shape index (κ2) is 7.67. The van der Waals surface area contributed by atoms with E-state index in [1.807, 2.05) is 0 Å². The second-order valence-corrected chi connectivity index (χ2v) is 7.29. The number of aliphatic hydroxyl groups is 1. The van der Waals surface area contributed by atoms with Gasteiger partial charge < -0.3 is 5.11 Å². The number of hydrogen-bond donors (Lipinski definition) is 1. The average Bonchev–Trinajstić information content (AvgIpc) is 2.55. The van der Waals surface area contributed by atoms with Gasteiger partial charge in [0.15, 0.2) is 11.5 Å². The van der Waals surface area contributed by atoms with Crippen LogP contribution in [0.3, 0.4) is 0 Å². The average molecular weight is 351 g/mol. The summed E-state index contributed by atoms with van der Waals surface area (Å²) < 4.78 is 26.1. The van der Waals surface area contributed by atoms with Gasteiger partial charge in [-0.25, -0.2) is 8.42 Å². The molecule has 24 heavy (non-hydrogen) atoms. The van der Waals surface area contributed by atoms with Gasteiger partial charge in [0.25, 0.3) is 0 Å². The number of hydrogen-bond acceptors (Lipinski definition) is 6. The van der Waals surface area contributed by atoms with Crippen molar-refractivity contribution in [1.29, 1.82) is 0 Å². The van der Waals surface area contributed by atoms with Crippen molar-refractivity contribution in [3.05, 3.63) is 35.7 Å². The van der Waals surface area contributed by atoms with Gasteiger partial charge in [-0.2, -0.15) is 9.42 Å². The monoisotopic (exact) mass is 351 g/mol. The molecule has 7 nitrogen and oxygen atoms in total. The van der Waals surface area contributed by atoms with Crippen molar-refractivity contribution in [1.82, 2.24) is 4.31 Å². The minimum Gasteiger partial charge on any atom is -0.510 e. The molecular weight excluding hydrogens is 330 g/mol. The van der Waals surface area contributed by atoms with Crippen LogP contribution < -0.4 is 0 Å². The third kappa shape index (κ3) is 3.88. The molecule has 0 aromatic heterocycles. The van der Waals surface area contributed by atoms with Gasteiger partial charge in [0.2, 0.25) is 10.0 Å². The van der Waals surface area contributed by atoms with Crippen LogP contribution in [0.1, 0.15) is 33.1 Å². The molecule has 0 fully saturated rings. The summed E-state index contributed by atoms with van der Waals surface area (Å²) >= 11 is 0. The third-order valence-corrected chi connectivity index (χ3v) is 5.86. The maximum absolute atomic E-state index is 12.4. The summed E-state index contributed by atoms with van der Waals surface area (Å²) in [5.74, 6) is -0.279. The van der Waals surface area contributed by atoms with Gasteiger partial charge in [0.1, 0.15) is 5.76 Å². The van der Waals surface area contributed by atoms with E-state index in [9.17, 15) is 18.3 Å². The van der Waals surface area contributed by atoms with Crippen molar-refractivity contribution in [3.63, 3.8) is 0 Å². The molecule has 0 radical (unpaired) electrons. The summed E-state index contributed by atoms with van der Waals surface area (Å²) in [4.78, 5) is 11.9. The summed E-state index contributed by atoms with van der Waals surface area (Å²) in [5, 5.41) is 17.4. The fourth-order valence-electron chi connectivity index (χ4n) is 2.43. The SMILES string of the molecule is CCN(CC)S(=O)(=O)c1ccc(N=NC2=C(O)CCCC2=O)cc1. The van der Waals surface area contributed by atoms with Gasteiger partial charge in [-0.05, 0) is 30.7 Å². The Bertz CT molecular complexity index is 763. The number of carbonyl (C=O) groups excluding carboxylic acids is 1. The standard InChI is InChI=1S/C16H21N3O4S/c1-3-19(4-2)24(22,23)13-10-8-12(9-11-13)17-18-16-14(20)6-5-7-15(16)21/h8-11,20H,3-7H2,1-2H3. The predicted molar refractivity (Wildman–Crippen MR) is 89.6 cm³/mol. The Morgan fingerprint density at radius 1 is 1.08 bits per heavy atom. The van der Waals surface area contributed by atoms with Crippen LogP contribution in [0.4, 0.5) is 5.69 Å². The van der Waals surface area contributed by atoms with E-state index in [2.05, 4.69) is 10.2 Å². The van der Waals surface area contributed by atoms with E-state index in [1.165, 1.54) is 28.6 Å². The number of nitrogens with zero attached hydrogens (tertiary/aromatic N) is 3. The quantitative estimate of drug-likeness (QED) is 0.795. The fraction of sp³-hybridized carbons (Fsp3) is 0.438. The number of aliphatic hydroxyl groups excluding tert-OH is 1. The zero-order valence-corrected chi connectivity index (χ0v) is 14.6. The van der Waals surface area contributed by atoms with Crippen molar-refractivity contribution < 1.29 is 18.3 Å². The maximum Gasteiger partial charge on any atom is 0.243 e. The molecular formula is C16H21N3O4S. The molecule has 0 saturated heterocycles. The van der Waals surface area contributed by atoms with Crippen LogP contribution in [-0.2, 0) is 14.8 Å². The Labute approximate surface area is 141 Å². The van der Waals surface area contributed by atoms with Crippen LogP contribution in [-0.4, -0.2) is 36.7 Å². The van der Waals surface area contributed by atoms with Crippen LogP contribution in [0.15, 0.2) is 50.8 Å². The normalized spacial score (nSPS) is 16.4. The van der Waals surface area contributed by atoms with Crippen LogP contribution in [0, 0.1) is 0 Å². The molecule has 0 aliphatic heterocycles. The van der Waals surface area contributed by atoms with Crippen LogP contribution in [0.25, 0.3) is 0 Å². The molecule has 8 heteroatoms. The fourth-order valence-corrected chi connectivity index (χ4v) is 3.89. The highest BCUT2D eigenvalue weighted by Gasteiger charge is 2.22. The van der Waals surface area contributed by atoms with Crippen molar-refractivity contribution in [3.8, 4) is 0 Å². The van der Waals surface area contributed by atoms with E-state index < -0.39 is 10.0 Å². The minimum absolute atomic E-state index is 0.0129. The Morgan fingerprint density at radius 2 is 1.71 bits per heavy atom. The lowest BCUT2D eigenvalue weighted by Crippen LogP contribution is -2.30. The largest absolute Gasteiger partial charge is 0.510 e. The Morgan fingerprint density at radius 3 is 2.25 bits per heavy atom. The summed E-state index contributed by atoms with van der Waals surface area (Å²) in [6.45, 7) is 4.36. The smallest absolute Gasteiger partial charge is 0.243 e. The van der Waals surface area contributed by atoms with Gasteiger partial charge in [-0.1, -0.05) is 13.8 Å². The van der Waals surface area contributed by atoms with E-state index in [1.54, 1.807) is 13.8 Å². The van der Waals surface area contributed by atoms with Crippen LogP contribution in [0.2, 0.25) is 0 Å². The zero-order chi connectivity index (χ0) is 17.7. The molecule has 0 amide bonds. The molecule has 0 unspecified atom stereocenters. The molecule has 0 saturated carbocycles. The molecule has 0 atom stereocenters. The number of allylic oxidation sites excluding steroid dienone is 2. The topological polar surface area (TPSA) is 99.4 Å². The number of Topliss-reactive ketones (excluding diaryl/α,β-unsaturated/α-hetero) is 1. The molecule has 2 rings (SSSR count). The number of ketones is 1. The lowest BCUT2D eigenvalue weighted by molar-refractivity contribution is -0.116. The maximum atomic E-state index is 12.4. The van der Waals surface area contributed by atoms with Crippen molar-refractivity contribution in [2.75, 3.05) is 13.1 Å². The van der Waals surface area contributed by atoms with Crippen molar-refractivity contribution in [2.24, 2.45) is 10.2 Å². The first-order chi connectivity index (χ1) is 11.4. The van der Waals surface area contributed by atoms with Gasteiger partial charge >= 0.3 is 0 Å². The molecule has 0 bridgehead atoms. The third-order valence-electron chi connectivity index (χ3n) is 3.80. The van der Waals surface area contributed by atoms with Crippen molar-refractivity contribution in [2.45, 2.75) is 38.0 Å². The van der Waals surface area contributed by atoms with Gasteiger partial charge in [-0.15, -0.1) is 5.11 Å². The minimum atomic E-state index is -3.51. The van der Waals surface area contributed by atoms with Crippen LogP contribution in [0.5, 0.6) is 0 Å². The lowest BCUT2D eigenvalue weighted by Gasteiger charge is -2.18. The number of sulfonamides is 1. The molecule has 1 aromatic rings. The van der Waals surface area contributed by atoms with E-state index >= 15 is 0 Å². The number of rotatable bonds is 6. The molecule has 1 N–H and O–H groups in total. The highest BCUT2D eigenvalue weighted by Crippen LogP contribution is 2.24. The molecule has 0 heterocycles. The Hall–Kier alpha value is -2.06. The molecule has 130 valence electrons. The highest BCUT2D eigenvalue weighted by molar-refractivity contribution is 7.89. The van der Waals surface area contributed by atoms with E-state index in [0.29, 0.717) is 38.0 Å². The predicted octanol–water partition coefficient (Wildman–Crippen LogP) is 3.32. The van der Waals surface area contributed by atoms with E-state index in [4.69, 9.17) is 0 Å². The molecule has 0 spiro atoms. The number of azo groups is 1. The Balaban J connectivity index is 2.21. The van der Waals surface area contributed by atoms with Crippen LogP contribution >= 0.6 is 0 Å². The summed E-state index contributed by atoms with van der Waals surface area (Å²) in [7, 11) is -3.51. The van der Waals surface area contributed by atoms with Gasteiger partial charge in [-0.3, -0.25) is 4.79 Å².